The number of hydrogen-bond acceptors (Lipinski definition) is 25. The molecule has 3 saturated heterocycles. The second-order valence-electron chi connectivity index (χ2n) is 26.7. The van der Waals surface area contributed by atoms with Crippen molar-refractivity contribution in [3.05, 3.63) is 233 Å². The van der Waals surface area contributed by atoms with Crippen molar-refractivity contribution in [2.45, 2.75) is 98.6 Å². The fraction of sp³-hybridized carbons (Fsp3) is 0.341. The highest BCUT2D eigenvalue weighted by molar-refractivity contribution is 5.93. The Bertz CT molecular complexity index is 4530. The number of ether oxygens (including phenoxy) is 15. The summed E-state index contributed by atoms with van der Waals surface area (Å²) in [5.74, 6) is -0.440. The van der Waals surface area contributed by atoms with E-state index in [4.69, 9.17) is 81.6 Å². The van der Waals surface area contributed by atoms with Crippen LogP contribution in [-0.4, -0.2) is 145 Å². The number of carbonyl (C=O) groups excluding carboxylic acids is 8. The molecule has 0 aliphatic carbocycles. The average molecular weight is 1540 g/mol. The van der Waals surface area contributed by atoms with Gasteiger partial charge in [0.2, 0.25) is 0 Å². The minimum absolute atomic E-state index is 0.0738. The summed E-state index contributed by atoms with van der Waals surface area (Å²) in [6.07, 6.45) is 0.745. The molecule has 7 atom stereocenters. The minimum atomic E-state index is -0.651. The molecule has 0 amide bonds. The standard InChI is InChI=1S/C33H36O9.C28H29NO9.C27H25NO5/c1-4-23(3)30(34)39-19-18-38-26-10-6-24(7-11-26)31(35)41-28-14-16-29(17-15-28)42-32(36)25-8-12-27(13-9-25)40-22-33(5-2)20-37-21-33;1-3-17(2)26(30)34-13-12-33-21-10-8-20(9-11-21)28(32)38-23-16-36-24-22(15-35-25(23)24)37-27(31)19-6-4-18(14-29)5-7-19;1-3-19(2)26(29)32-17-16-31-24-12-10-23(11-13-24)27(30)33-25-14-8-22(9-15-25)21-6-4-20(18-28)5-7-21/h6-17,23H,4-5,18-22H2,1-3H3;4-11,17,22-25H,3,12-13,15-16H2,1-2H3;4-15,19H,3,16-17H2,1-2H3/t;17?,22-,23+,24?,25?;/m.0./s1. The number of nitrogens with zero attached hydrogens (tertiary/aromatic N) is 2. The van der Waals surface area contributed by atoms with Gasteiger partial charge in [-0.3, -0.25) is 14.4 Å². The highest BCUT2D eigenvalue weighted by atomic mass is 16.7. The zero-order valence-corrected chi connectivity index (χ0v) is 63.9. The van der Waals surface area contributed by atoms with Gasteiger partial charge in [-0.15, -0.1) is 0 Å². The average Bonchev–Trinajstić information content (AvgIpc) is 1.66. The topological polar surface area (TPSA) is 323 Å². The summed E-state index contributed by atoms with van der Waals surface area (Å²) in [5.41, 5.74) is 4.79. The summed E-state index contributed by atoms with van der Waals surface area (Å²) in [6, 6.07) is 57.1. The van der Waals surface area contributed by atoms with Gasteiger partial charge in [0.15, 0.2) is 12.2 Å². The lowest BCUT2D eigenvalue weighted by molar-refractivity contribution is -0.149. The van der Waals surface area contributed by atoms with E-state index >= 15 is 0 Å². The van der Waals surface area contributed by atoms with Gasteiger partial charge >= 0.3 is 47.8 Å². The molecule has 3 heterocycles. The molecule has 0 radical (unpaired) electrons. The molecule has 3 aliphatic rings. The zero-order valence-electron chi connectivity index (χ0n) is 63.9. The Morgan fingerprint density at radius 2 is 0.646 bits per heavy atom. The largest absolute Gasteiger partial charge is 0.493 e. The maximum Gasteiger partial charge on any atom is 0.343 e. The van der Waals surface area contributed by atoms with Gasteiger partial charge in [-0.1, -0.05) is 72.7 Å². The van der Waals surface area contributed by atoms with Gasteiger partial charge in [0.25, 0.3) is 0 Å². The lowest BCUT2D eigenvalue weighted by Crippen LogP contribution is -2.46. The first-order chi connectivity index (χ1) is 54.7. The van der Waals surface area contributed by atoms with Gasteiger partial charge in [0.1, 0.15) is 92.1 Å². The van der Waals surface area contributed by atoms with Crippen molar-refractivity contribution in [2.24, 2.45) is 23.2 Å². The Hall–Kier alpha value is -12.4. The molecule has 8 aromatic rings. The molecule has 11 rings (SSSR count). The van der Waals surface area contributed by atoms with Crippen LogP contribution in [-0.2, 0) is 52.3 Å². The molecule has 113 heavy (non-hydrogen) atoms. The Balaban J connectivity index is 0.000000196. The van der Waals surface area contributed by atoms with Gasteiger partial charge in [-0.25, -0.2) is 24.0 Å². The summed E-state index contributed by atoms with van der Waals surface area (Å²) < 4.78 is 82.3. The van der Waals surface area contributed by atoms with E-state index in [1.807, 2.05) is 71.9 Å². The van der Waals surface area contributed by atoms with E-state index in [-0.39, 0.29) is 93.9 Å². The van der Waals surface area contributed by atoms with Gasteiger partial charge in [0, 0.05) is 0 Å². The number of esters is 8. The second-order valence-corrected chi connectivity index (χ2v) is 26.7. The Morgan fingerprint density at radius 3 is 0.938 bits per heavy atom. The van der Waals surface area contributed by atoms with E-state index in [1.54, 1.807) is 146 Å². The van der Waals surface area contributed by atoms with Crippen molar-refractivity contribution >= 4 is 47.8 Å². The molecule has 5 unspecified atom stereocenters. The SMILES string of the molecule is CCC(C)C(=O)OCCOc1ccc(C(=O)O[C@@H]2COC3C2OC[C@@H]3OC(=O)c2ccc(C#N)cc2)cc1.CCC(C)C(=O)OCCOc1ccc(C(=O)Oc2ccc(-c3ccc(C#N)cc3)cc2)cc1.CCC(C)C(=O)OCCOc1ccc(C(=O)Oc2ccc(OC(=O)c3ccc(OCC4(CC)COC4)cc3)cc2)cc1. The van der Waals surface area contributed by atoms with Crippen LogP contribution >= 0.6 is 0 Å². The van der Waals surface area contributed by atoms with E-state index in [1.165, 1.54) is 24.3 Å². The van der Waals surface area contributed by atoms with Gasteiger partial charge in [0.05, 0.1) is 107 Å². The third kappa shape index (κ3) is 25.3. The van der Waals surface area contributed by atoms with Crippen LogP contribution in [0.1, 0.15) is 137 Å². The molecule has 25 nitrogen and oxygen atoms in total. The Labute approximate surface area is 655 Å². The molecule has 0 N–H and O–H groups in total. The first kappa shape index (κ1) is 84.6. The molecule has 0 aromatic heterocycles. The number of nitriles is 2. The molecule has 0 spiro atoms. The Morgan fingerprint density at radius 1 is 0.372 bits per heavy atom. The van der Waals surface area contributed by atoms with Crippen molar-refractivity contribution in [3.8, 4) is 63.5 Å². The molecule has 0 saturated carbocycles. The maximum atomic E-state index is 12.7. The van der Waals surface area contributed by atoms with Crippen molar-refractivity contribution in [1.29, 1.82) is 10.5 Å². The fourth-order valence-corrected chi connectivity index (χ4v) is 10.8. The minimum Gasteiger partial charge on any atom is -0.493 e. The van der Waals surface area contributed by atoms with Crippen molar-refractivity contribution in [3.63, 3.8) is 0 Å². The van der Waals surface area contributed by atoms with Crippen LogP contribution in [0.2, 0.25) is 0 Å². The predicted octanol–water partition coefficient (Wildman–Crippen LogP) is 14.4. The highest BCUT2D eigenvalue weighted by Gasteiger charge is 2.51. The monoisotopic (exact) mass is 1540 g/mol. The summed E-state index contributed by atoms with van der Waals surface area (Å²) in [6.45, 7) is 16.7. The molecule has 25 heteroatoms. The third-order valence-corrected chi connectivity index (χ3v) is 18.7. The predicted molar refractivity (Wildman–Crippen MR) is 409 cm³/mol. The van der Waals surface area contributed by atoms with Gasteiger partial charge in [-0.05, 0) is 207 Å². The van der Waals surface area contributed by atoms with E-state index in [0.29, 0.717) is 105 Å². The van der Waals surface area contributed by atoms with E-state index in [0.717, 1.165) is 30.4 Å². The zero-order chi connectivity index (χ0) is 80.7. The van der Waals surface area contributed by atoms with Crippen LogP contribution in [0.25, 0.3) is 11.1 Å². The maximum absolute atomic E-state index is 12.7. The normalized spacial score (nSPS) is 16.1. The summed E-state index contributed by atoms with van der Waals surface area (Å²) in [5, 5.41) is 17.8. The molecular formula is C88H90N2O23. The molecule has 8 aromatic carbocycles. The quantitative estimate of drug-likeness (QED) is 0.0160. The van der Waals surface area contributed by atoms with Crippen LogP contribution < -0.4 is 33.2 Å². The molecule has 3 aliphatic heterocycles. The molecule has 590 valence electrons. The number of benzene rings is 8. The molecular weight excluding hydrogens is 1450 g/mol. The van der Waals surface area contributed by atoms with E-state index in [9.17, 15) is 38.4 Å². The highest BCUT2D eigenvalue weighted by Crippen LogP contribution is 2.34. The molecule has 3 fully saturated rings. The van der Waals surface area contributed by atoms with Crippen LogP contribution in [0.15, 0.2) is 194 Å². The molecule has 0 bridgehead atoms. The fourth-order valence-electron chi connectivity index (χ4n) is 10.8. The number of fused-ring (bicyclic) bond motifs is 1. The number of carbonyl (C=O) groups is 8. The van der Waals surface area contributed by atoms with Crippen molar-refractivity contribution < 1.29 is 109 Å². The van der Waals surface area contributed by atoms with Gasteiger partial charge in [-0.2, -0.15) is 10.5 Å². The van der Waals surface area contributed by atoms with Crippen molar-refractivity contribution in [1.82, 2.24) is 0 Å². The first-order valence-corrected chi connectivity index (χ1v) is 37.2. The summed E-state index contributed by atoms with van der Waals surface area (Å²) >= 11 is 0. The van der Waals surface area contributed by atoms with Gasteiger partial charge < -0.3 is 71.1 Å². The van der Waals surface area contributed by atoms with Crippen LogP contribution in [0.4, 0.5) is 0 Å². The second kappa shape index (κ2) is 42.7. The number of rotatable bonds is 33. The first-order valence-electron chi connectivity index (χ1n) is 37.2. The Kier molecular flexibility index (Phi) is 32.0. The van der Waals surface area contributed by atoms with E-state index in [2.05, 4.69) is 13.0 Å². The third-order valence-electron chi connectivity index (χ3n) is 18.7. The summed E-state index contributed by atoms with van der Waals surface area (Å²) in [7, 11) is 0. The van der Waals surface area contributed by atoms with E-state index < -0.39 is 54.3 Å². The lowest BCUT2D eigenvalue weighted by atomic mass is 9.84. The smallest absolute Gasteiger partial charge is 0.343 e. The van der Waals surface area contributed by atoms with Crippen molar-refractivity contribution in [2.75, 3.05) is 72.7 Å². The summed E-state index contributed by atoms with van der Waals surface area (Å²) in [4.78, 5) is 97.7. The van der Waals surface area contributed by atoms with Crippen LogP contribution in [0.5, 0.6) is 40.2 Å². The van der Waals surface area contributed by atoms with Crippen LogP contribution in [0.3, 0.4) is 0 Å². The number of hydrogen-bond donors (Lipinski definition) is 0. The lowest BCUT2D eigenvalue weighted by Gasteiger charge is -2.40. The van der Waals surface area contributed by atoms with Crippen LogP contribution in [0, 0.1) is 45.8 Å².